The summed E-state index contributed by atoms with van der Waals surface area (Å²) in [5, 5.41) is 8.90. The van der Waals surface area contributed by atoms with Gasteiger partial charge in [0.05, 0.1) is 56.1 Å². The molecule has 0 saturated heterocycles. The van der Waals surface area contributed by atoms with Crippen molar-refractivity contribution in [2.24, 2.45) is 0 Å². The molecule has 23 rings (SSSR count). The van der Waals surface area contributed by atoms with E-state index in [1.807, 2.05) is 107 Å². The van der Waals surface area contributed by atoms with Gasteiger partial charge >= 0.3 is 0 Å². The molecule has 0 spiro atoms. The van der Waals surface area contributed by atoms with Crippen LogP contribution in [0.3, 0.4) is 0 Å². The van der Waals surface area contributed by atoms with Crippen molar-refractivity contribution in [3.05, 3.63) is 413 Å². The van der Waals surface area contributed by atoms with Crippen molar-refractivity contribution < 1.29 is 0 Å². The second-order valence-corrected chi connectivity index (χ2v) is 32.4. The van der Waals surface area contributed by atoms with E-state index in [-0.39, 0.29) is 0 Å². The van der Waals surface area contributed by atoms with Crippen LogP contribution in [-0.2, 0) is 0 Å². The van der Waals surface area contributed by atoms with Crippen molar-refractivity contribution in [3.8, 4) is 123 Å². The topological polar surface area (TPSA) is 77.3 Å². The summed E-state index contributed by atoms with van der Waals surface area (Å²) in [4.78, 5) is 30.9. The van der Waals surface area contributed by atoms with E-state index < -0.39 is 0 Å². The molecule has 0 unspecified atom stereocenters. The van der Waals surface area contributed by atoms with E-state index in [1.165, 1.54) is 93.9 Å². The van der Waals surface area contributed by atoms with E-state index in [0.29, 0.717) is 0 Å². The zero-order valence-electron chi connectivity index (χ0n) is 63.2. The highest BCUT2D eigenvalue weighted by Crippen LogP contribution is 2.44. The molecule has 0 radical (unpaired) electrons. The lowest BCUT2D eigenvalue weighted by Gasteiger charge is -2.15. The maximum absolute atomic E-state index is 5.27. The van der Waals surface area contributed by atoms with Crippen LogP contribution in [0, 0.1) is 0 Å². The number of rotatable bonds is 11. The van der Waals surface area contributed by atoms with Gasteiger partial charge in [0.25, 0.3) is 0 Å². The normalized spacial score (nSPS) is 11.4. The molecule has 6 aromatic heterocycles. The standard InChI is InChI=1S/C44H28N2S.2C32H20N2S/c1-3-11-29(12-4-1)34-25-35(30-13-5-2-6-14-30)27-36(26-34)44-43(45-39-16-8-9-17-40(39)46-44)32-21-19-31(20-22-32)33-23-24-42-38(28-33)37-15-7-10-18-41(37)47-42;1-3-10-21(11-4-1)30-31(22-12-5-2-6-13-22)34-32-24(15-9-16-27(32)33-30)23-18-19-29-26(20-23)25-14-7-8-17-28(25)35-29;1-3-9-21(10-4-1)31-27-20-23(15-17-28(27)33-32(34-31)22-11-5-2-6-12-22)24-16-18-30-26(19-24)25-13-7-8-14-29(25)35-30/h1-28H;2*1-20H. The number of benzene rings is 17. The van der Waals surface area contributed by atoms with Gasteiger partial charge in [0, 0.05) is 105 Å². The number of aromatic nitrogens is 6. The van der Waals surface area contributed by atoms with Gasteiger partial charge in [0.2, 0.25) is 0 Å². The van der Waals surface area contributed by atoms with Crippen molar-refractivity contribution >= 4 is 127 Å². The second kappa shape index (κ2) is 30.7. The number of hydrogen-bond donors (Lipinski definition) is 0. The third-order valence-corrected chi connectivity index (χ3v) is 25.3. The monoisotopic (exact) mass is 1540 g/mol. The molecule has 6 heterocycles. The first-order valence-electron chi connectivity index (χ1n) is 39.2. The lowest BCUT2D eigenvalue weighted by molar-refractivity contribution is 1.23. The van der Waals surface area contributed by atoms with Crippen molar-refractivity contribution in [2.75, 3.05) is 0 Å². The first-order chi connectivity index (χ1) is 57.9. The van der Waals surface area contributed by atoms with E-state index in [9.17, 15) is 0 Å². The van der Waals surface area contributed by atoms with Crippen LogP contribution in [-0.4, -0.2) is 29.9 Å². The Morgan fingerprint density at radius 2 is 0.462 bits per heavy atom. The van der Waals surface area contributed by atoms with Gasteiger partial charge in [0.15, 0.2) is 5.82 Å². The molecule has 0 saturated carbocycles. The highest BCUT2D eigenvalue weighted by atomic mass is 32.1. The molecule has 0 bridgehead atoms. The summed E-state index contributed by atoms with van der Waals surface area (Å²) >= 11 is 5.54. The minimum Gasteiger partial charge on any atom is -0.244 e. The lowest BCUT2D eigenvalue weighted by Crippen LogP contribution is -1.97. The second-order valence-electron chi connectivity index (χ2n) is 29.1. The van der Waals surface area contributed by atoms with Crippen LogP contribution in [0.4, 0.5) is 0 Å². The highest BCUT2D eigenvalue weighted by molar-refractivity contribution is 7.26. The molecular formula is C108H68N6S3. The lowest BCUT2D eigenvalue weighted by atomic mass is 9.93. The SMILES string of the molecule is c1ccc(-c2cc(-c3ccccc3)cc(-c3nc4ccccc4nc3-c3ccc(-c4ccc5sc6ccccc6c5c4)cc3)c2)cc1.c1ccc(-c2nc(-c3ccccc3)c3cc(-c4ccc5sc6ccccc6c5c4)ccc3n2)cc1.c1ccc(-c2nc3cccc(-c4ccc5sc6ccccc6c5c4)c3nc2-c2ccccc2)cc1. The first-order valence-corrected chi connectivity index (χ1v) is 41.6. The number of fused-ring (bicyclic) bond motifs is 12. The Labute approximate surface area is 688 Å². The Balaban J connectivity index is 0.000000111. The summed E-state index contributed by atoms with van der Waals surface area (Å²) in [5.74, 6) is 0.746. The molecule has 0 aliphatic carbocycles. The fourth-order valence-corrected chi connectivity index (χ4v) is 19.3. The van der Waals surface area contributed by atoms with Crippen molar-refractivity contribution in [3.63, 3.8) is 0 Å². The average molecular weight is 1550 g/mol. The van der Waals surface area contributed by atoms with Crippen LogP contribution in [0.15, 0.2) is 413 Å². The number of hydrogen-bond acceptors (Lipinski definition) is 9. The van der Waals surface area contributed by atoms with E-state index in [2.05, 4.69) is 340 Å². The third kappa shape index (κ3) is 13.8. The molecule has 0 atom stereocenters. The first kappa shape index (κ1) is 70.3. The molecule has 0 aliphatic heterocycles. The fourth-order valence-electron chi connectivity index (χ4n) is 16.0. The van der Waals surface area contributed by atoms with Gasteiger partial charge in [-0.1, -0.05) is 309 Å². The van der Waals surface area contributed by atoms with Gasteiger partial charge in [-0.05, 0) is 153 Å². The van der Waals surface area contributed by atoms with Gasteiger partial charge in [-0.3, -0.25) is 0 Å². The van der Waals surface area contributed by atoms with Crippen LogP contribution in [0.2, 0.25) is 0 Å². The van der Waals surface area contributed by atoms with Crippen LogP contribution in [0.5, 0.6) is 0 Å². The van der Waals surface area contributed by atoms with Crippen LogP contribution < -0.4 is 0 Å². The van der Waals surface area contributed by atoms with E-state index in [1.54, 1.807) is 0 Å². The van der Waals surface area contributed by atoms with Gasteiger partial charge in [0.1, 0.15) is 0 Å². The number of nitrogens with zero attached hydrogens (tertiary/aromatic N) is 6. The summed E-state index contributed by atoms with van der Waals surface area (Å²) in [6, 6.07) is 145. The van der Waals surface area contributed by atoms with Crippen molar-refractivity contribution in [2.45, 2.75) is 0 Å². The maximum Gasteiger partial charge on any atom is 0.160 e. The predicted molar refractivity (Wildman–Crippen MR) is 497 cm³/mol. The Hall–Kier alpha value is -14.6. The summed E-state index contributed by atoms with van der Waals surface area (Å²) in [5.41, 5.74) is 27.0. The van der Waals surface area contributed by atoms with Gasteiger partial charge in [-0.25, -0.2) is 29.9 Å². The molecule has 0 amide bonds. The largest absolute Gasteiger partial charge is 0.244 e. The molecule has 117 heavy (non-hydrogen) atoms. The minimum absolute atomic E-state index is 0.746. The van der Waals surface area contributed by atoms with E-state index in [4.69, 9.17) is 29.9 Å². The number of thiophene rings is 3. The Bertz CT molecular complexity index is 7610. The third-order valence-electron chi connectivity index (χ3n) is 21.8. The molecule has 548 valence electrons. The zero-order chi connectivity index (χ0) is 77.5. The molecule has 0 N–H and O–H groups in total. The Kier molecular flexibility index (Phi) is 18.5. The summed E-state index contributed by atoms with van der Waals surface area (Å²) in [6.07, 6.45) is 0. The van der Waals surface area contributed by atoms with Crippen LogP contribution >= 0.6 is 34.0 Å². The minimum atomic E-state index is 0.746. The van der Waals surface area contributed by atoms with Crippen LogP contribution in [0.1, 0.15) is 0 Å². The summed E-state index contributed by atoms with van der Waals surface area (Å²) in [6.45, 7) is 0. The van der Waals surface area contributed by atoms with E-state index in [0.717, 1.165) is 123 Å². The molecule has 0 aliphatic rings. The molecule has 23 aromatic rings. The molecular weight excluding hydrogens is 1480 g/mol. The smallest absolute Gasteiger partial charge is 0.160 e. The molecule has 17 aromatic carbocycles. The highest BCUT2D eigenvalue weighted by Gasteiger charge is 2.21. The maximum atomic E-state index is 5.27. The van der Waals surface area contributed by atoms with Gasteiger partial charge < -0.3 is 0 Å². The van der Waals surface area contributed by atoms with Gasteiger partial charge in [-0.15, -0.1) is 34.0 Å². The Morgan fingerprint density at radius 3 is 0.957 bits per heavy atom. The predicted octanol–water partition coefficient (Wildman–Crippen LogP) is 30.3. The molecule has 9 heteroatoms. The fraction of sp³-hybridized carbons (Fsp3) is 0. The van der Waals surface area contributed by atoms with Crippen molar-refractivity contribution in [1.29, 1.82) is 0 Å². The van der Waals surface area contributed by atoms with Crippen LogP contribution in [0.25, 0.3) is 217 Å². The van der Waals surface area contributed by atoms with Gasteiger partial charge in [-0.2, -0.15) is 0 Å². The zero-order valence-corrected chi connectivity index (χ0v) is 65.6. The van der Waals surface area contributed by atoms with E-state index >= 15 is 0 Å². The summed E-state index contributed by atoms with van der Waals surface area (Å²) < 4.78 is 7.90. The quantitative estimate of drug-likeness (QED) is 0.128. The summed E-state index contributed by atoms with van der Waals surface area (Å²) in [7, 11) is 0. The molecule has 0 fully saturated rings. The van der Waals surface area contributed by atoms with Crippen molar-refractivity contribution in [1.82, 2.24) is 29.9 Å². The number of para-hydroxylation sites is 3. The molecule has 6 nitrogen and oxygen atoms in total. The average Bonchev–Trinajstić information content (AvgIpc) is 1.74. The Morgan fingerprint density at radius 1 is 0.145 bits per heavy atom.